The van der Waals surface area contributed by atoms with Gasteiger partial charge < -0.3 is 5.32 Å². The van der Waals surface area contributed by atoms with Crippen molar-refractivity contribution < 1.29 is 0 Å². The lowest BCUT2D eigenvalue weighted by atomic mass is 9.85. The molecule has 3 atom stereocenters. The minimum absolute atomic E-state index is 0.121. The van der Waals surface area contributed by atoms with Crippen LogP contribution < -0.4 is 5.32 Å². The molecule has 1 aliphatic heterocycles. The molecule has 1 fully saturated rings. The van der Waals surface area contributed by atoms with E-state index in [0.717, 1.165) is 19.0 Å². The normalized spacial score (nSPS) is 29.3. The molecule has 2 heteroatoms. The van der Waals surface area contributed by atoms with E-state index in [9.17, 15) is 0 Å². The van der Waals surface area contributed by atoms with Gasteiger partial charge in [0.25, 0.3) is 0 Å². The molecule has 0 bridgehead atoms. The second-order valence-corrected chi connectivity index (χ2v) is 6.54. The number of nitrogens with one attached hydrogen (secondary N) is 1. The molecule has 1 N–H and O–H groups in total. The molecular weight excluding hydrogens is 244 g/mol. The second kappa shape index (κ2) is 6.73. The molecule has 0 saturated carbocycles. The number of rotatable bonds is 5. The molecule has 2 rings (SSSR count). The third kappa shape index (κ3) is 3.24. The summed E-state index contributed by atoms with van der Waals surface area (Å²) in [5, 5.41) is 3.74. The second-order valence-electron chi connectivity index (χ2n) is 6.54. The summed E-state index contributed by atoms with van der Waals surface area (Å²) >= 11 is 0. The fraction of sp³-hybridized carbons (Fsp3) is 0.667. The van der Waals surface area contributed by atoms with E-state index in [0.29, 0.717) is 6.04 Å². The molecule has 1 aromatic rings. The summed E-state index contributed by atoms with van der Waals surface area (Å²) in [6.07, 6.45) is 2.47. The largest absolute Gasteiger partial charge is 0.311 e. The first kappa shape index (κ1) is 15.5. The Labute approximate surface area is 124 Å². The van der Waals surface area contributed by atoms with Crippen LogP contribution in [0.15, 0.2) is 30.3 Å². The van der Waals surface area contributed by atoms with E-state index in [1.54, 1.807) is 0 Å². The molecule has 20 heavy (non-hydrogen) atoms. The SMILES string of the molecule is CCC(C)CN1CC(CC)NCC1(C)c1ccccc1. The number of benzene rings is 1. The highest BCUT2D eigenvalue weighted by atomic mass is 15.3. The summed E-state index contributed by atoms with van der Waals surface area (Å²) in [7, 11) is 0. The molecule has 0 aromatic heterocycles. The Bertz CT molecular complexity index is 401. The van der Waals surface area contributed by atoms with Gasteiger partial charge in [0.2, 0.25) is 0 Å². The van der Waals surface area contributed by atoms with Gasteiger partial charge in [0.15, 0.2) is 0 Å². The molecule has 2 nitrogen and oxygen atoms in total. The average Bonchev–Trinajstić information content (AvgIpc) is 2.50. The fourth-order valence-corrected chi connectivity index (χ4v) is 3.12. The van der Waals surface area contributed by atoms with E-state index < -0.39 is 0 Å². The number of hydrogen-bond acceptors (Lipinski definition) is 2. The van der Waals surface area contributed by atoms with E-state index in [1.807, 2.05) is 0 Å². The van der Waals surface area contributed by atoms with Gasteiger partial charge in [0, 0.05) is 25.7 Å². The molecule has 1 heterocycles. The summed E-state index contributed by atoms with van der Waals surface area (Å²) in [5.41, 5.74) is 1.56. The zero-order valence-electron chi connectivity index (χ0n) is 13.5. The first-order valence-electron chi connectivity index (χ1n) is 8.14. The first-order chi connectivity index (χ1) is 9.60. The molecule has 0 aliphatic carbocycles. The molecule has 3 unspecified atom stereocenters. The van der Waals surface area contributed by atoms with Gasteiger partial charge in [-0.25, -0.2) is 0 Å². The summed E-state index contributed by atoms with van der Waals surface area (Å²) < 4.78 is 0. The smallest absolute Gasteiger partial charge is 0.0558 e. The molecular formula is C18H30N2. The highest BCUT2D eigenvalue weighted by Crippen LogP contribution is 2.32. The van der Waals surface area contributed by atoms with Crippen LogP contribution in [0.3, 0.4) is 0 Å². The zero-order valence-corrected chi connectivity index (χ0v) is 13.5. The maximum Gasteiger partial charge on any atom is 0.0558 e. The highest BCUT2D eigenvalue weighted by Gasteiger charge is 2.38. The first-order valence-corrected chi connectivity index (χ1v) is 8.14. The summed E-state index contributed by atoms with van der Waals surface area (Å²) in [6, 6.07) is 11.6. The van der Waals surface area contributed by atoms with E-state index in [4.69, 9.17) is 0 Å². The number of hydrogen-bond donors (Lipinski definition) is 1. The van der Waals surface area contributed by atoms with Crippen LogP contribution >= 0.6 is 0 Å². The predicted molar refractivity (Wildman–Crippen MR) is 86.9 cm³/mol. The Kier molecular flexibility index (Phi) is 5.22. The lowest BCUT2D eigenvalue weighted by molar-refractivity contribution is 0.0358. The Morgan fingerprint density at radius 3 is 2.60 bits per heavy atom. The summed E-state index contributed by atoms with van der Waals surface area (Å²) in [6.45, 7) is 12.7. The molecule has 1 saturated heterocycles. The van der Waals surface area contributed by atoms with Crippen LogP contribution in [0.1, 0.15) is 46.1 Å². The van der Waals surface area contributed by atoms with Crippen LogP contribution in [-0.2, 0) is 5.54 Å². The molecule has 0 amide bonds. The number of nitrogens with zero attached hydrogens (tertiary/aromatic N) is 1. The lowest BCUT2D eigenvalue weighted by Crippen LogP contribution is -2.62. The van der Waals surface area contributed by atoms with Gasteiger partial charge in [0.05, 0.1) is 5.54 Å². The number of piperazine rings is 1. The third-order valence-corrected chi connectivity index (χ3v) is 4.99. The monoisotopic (exact) mass is 274 g/mol. The van der Waals surface area contributed by atoms with E-state index in [2.05, 4.69) is 68.2 Å². The van der Waals surface area contributed by atoms with Gasteiger partial charge in [-0.3, -0.25) is 4.90 Å². The maximum absolute atomic E-state index is 3.74. The average molecular weight is 274 g/mol. The van der Waals surface area contributed by atoms with E-state index in [1.165, 1.54) is 24.9 Å². The minimum atomic E-state index is 0.121. The van der Waals surface area contributed by atoms with Crippen molar-refractivity contribution >= 4 is 0 Å². The molecule has 0 radical (unpaired) electrons. The van der Waals surface area contributed by atoms with Gasteiger partial charge in [-0.1, -0.05) is 57.5 Å². The van der Waals surface area contributed by atoms with Crippen molar-refractivity contribution in [3.8, 4) is 0 Å². The Balaban J connectivity index is 2.23. The van der Waals surface area contributed by atoms with Gasteiger partial charge in [-0.2, -0.15) is 0 Å². The Morgan fingerprint density at radius 1 is 1.30 bits per heavy atom. The van der Waals surface area contributed by atoms with Crippen LogP contribution in [0.4, 0.5) is 0 Å². The van der Waals surface area contributed by atoms with Crippen LogP contribution in [0.5, 0.6) is 0 Å². The van der Waals surface area contributed by atoms with Gasteiger partial charge >= 0.3 is 0 Å². The van der Waals surface area contributed by atoms with Crippen molar-refractivity contribution in [2.75, 3.05) is 19.6 Å². The molecule has 1 aliphatic rings. The summed E-state index contributed by atoms with van der Waals surface area (Å²) in [5.74, 6) is 0.758. The zero-order chi connectivity index (χ0) is 14.6. The Morgan fingerprint density at radius 2 is 2.00 bits per heavy atom. The van der Waals surface area contributed by atoms with E-state index >= 15 is 0 Å². The van der Waals surface area contributed by atoms with Crippen molar-refractivity contribution in [2.24, 2.45) is 5.92 Å². The summed E-state index contributed by atoms with van der Waals surface area (Å²) in [4.78, 5) is 2.71. The van der Waals surface area contributed by atoms with Crippen molar-refractivity contribution in [1.29, 1.82) is 0 Å². The van der Waals surface area contributed by atoms with Crippen molar-refractivity contribution in [3.63, 3.8) is 0 Å². The van der Waals surface area contributed by atoms with Crippen LogP contribution in [0.25, 0.3) is 0 Å². The third-order valence-electron chi connectivity index (χ3n) is 4.99. The topological polar surface area (TPSA) is 15.3 Å². The Hall–Kier alpha value is -0.860. The van der Waals surface area contributed by atoms with Crippen molar-refractivity contribution in [2.45, 2.75) is 52.1 Å². The minimum Gasteiger partial charge on any atom is -0.311 e. The van der Waals surface area contributed by atoms with Crippen LogP contribution in [0.2, 0.25) is 0 Å². The van der Waals surface area contributed by atoms with Gasteiger partial charge in [0.1, 0.15) is 0 Å². The maximum atomic E-state index is 3.74. The quantitative estimate of drug-likeness (QED) is 0.882. The van der Waals surface area contributed by atoms with E-state index in [-0.39, 0.29) is 5.54 Å². The lowest BCUT2D eigenvalue weighted by Gasteiger charge is -2.49. The standard InChI is InChI=1S/C18H30N2/c1-5-15(3)12-20-13-17(6-2)19-14-18(20,4)16-10-8-7-9-11-16/h7-11,15,17,19H,5-6,12-14H2,1-4H3. The van der Waals surface area contributed by atoms with Crippen molar-refractivity contribution in [3.05, 3.63) is 35.9 Å². The van der Waals surface area contributed by atoms with Gasteiger partial charge in [-0.05, 0) is 24.8 Å². The van der Waals surface area contributed by atoms with Gasteiger partial charge in [-0.15, -0.1) is 0 Å². The molecule has 112 valence electrons. The highest BCUT2D eigenvalue weighted by molar-refractivity contribution is 5.25. The molecule has 1 aromatic carbocycles. The predicted octanol–water partition coefficient (Wildman–Crippen LogP) is 3.63. The molecule has 0 spiro atoms. The fourth-order valence-electron chi connectivity index (χ4n) is 3.12. The van der Waals surface area contributed by atoms with Crippen LogP contribution in [0, 0.1) is 5.92 Å². The van der Waals surface area contributed by atoms with Crippen molar-refractivity contribution in [1.82, 2.24) is 10.2 Å². The van der Waals surface area contributed by atoms with Crippen LogP contribution in [-0.4, -0.2) is 30.6 Å².